The van der Waals surface area contributed by atoms with Gasteiger partial charge in [-0.25, -0.2) is 4.79 Å². The van der Waals surface area contributed by atoms with Gasteiger partial charge in [0.1, 0.15) is 159 Å². The quantitative estimate of drug-likeness (QED) is 0.0452. The number of carbonyl (C=O) groups is 4. The Morgan fingerprint density at radius 2 is 0.912 bits per heavy atom. The number of ether oxygens (including phenoxy) is 13. The van der Waals surface area contributed by atoms with Gasteiger partial charge < -0.3 is 180 Å². The lowest BCUT2D eigenvalue weighted by Crippen LogP contribution is -2.71. The minimum Gasteiger partial charge on any atom is -0.477 e. The summed E-state index contributed by atoms with van der Waals surface area (Å²) in [6.07, 6.45) is -64.8. The number of hydrogen-bond donors (Lipinski definition) is 23. The van der Waals surface area contributed by atoms with Crippen LogP contribution in [-0.4, -0.2) is 379 Å². The van der Waals surface area contributed by atoms with Crippen molar-refractivity contribution >= 4 is 23.7 Å². The number of carboxylic acids is 1. The first-order chi connectivity index (χ1) is 42.7. The van der Waals surface area contributed by atoms with Crippen LogP contribution in [0.25, 0.3) is 0 Å². The van der Waals surface area contributed by atoms with Crippen LogP contribution in [0.15, 0.2) is 0 Å². The van der Waals surface area contributed by atoms with Crippen LogP contribution in [0, 0.1) is 0 Å². The summed E-state index contributed by atoms with van der Waals surface area (Å²) in [4.78, 5) is 51.5. The monoisotopic (exact) mass is 1330 g/mol. The highest BCUT2D eigenvalue weighted by atomic mass is 16.8. The third-order valence-corrected chi connectivity index (χ3v) is 16.7. The molecule has 40 nitrogen and oxygen atoms in total. The van der Waals surface area contributed by atoms with E-state index >= 15 is 0 Å². The van der Waals surface area contributed by atoms with Crippen LogP contribution in [0.1, 0.15) is 41.0 Å². The maximum absolute atomic E-state index is 13.3. The van der Waals surface area contributed by atoms with Gasteiger partial charge in [-0.2, -0.15) is 0 Å². The fraction of sp³-hybridized carbons (Fsp3) is 0.922. The van der Waals surface area contributed by atoms with Crippen molar-refractivity contribution in [2.75, 3.05) is 33.0 Å². The molecule has 526 valence electrons. The second kappa shape index (κ2) is 31.6. The summed E-state index contributed by atoms with van der Waals surface area (Å²) in [5, 5.41) is 225. The van der Waals surface area contributed by atoms with E-state index < -0.39 is 284 Å². The van der Waals surface area contributed by atoms with Crippen molar-refractivity contribution in [1.82, 2.24) is 16.0 Å². The van der Waals surface area contributed by atoms with Crippen LogP contribution in [0.5, 0.6) is 0 Å². The molecule has 36 atom stereocenters. The van der Waals surface area contributed by atoms with Crippen molar-refractivity contribution < 1.29 is 183 Å². The zero-order valence-electron chi connectivity index (χ0n) is 49.3. The summed E-state index contributed by atoms with van der Waals surface area (Å²) in [7, 11) is 0. The number of carbonyl (C=O) groups excluding carboxylic acids is 3. The van der Waals surface area contributed by atoms with Crippen molar-refractivity contribution in [1.29, 1.82) is 0 Å². The highest BCUT2D eigenvalue weighted by molar-refractivity contribution is 5.76. The number of rotatable bonds is 23. The first-order valence-electron chi connectivity index (χ1n) is 29.0. The summed E-state index contributed by atoms with van der Waals surface area (Å²) in [6.45, 7) is -0.236. The molecule has 7 saturated heterocycles. The van der Waals surface area contributed by atoms with Gasteiger partial charge in [0.15, 0.2) is 37.7 Å². The smallest absolute Gasteiger partial charge is 0.364 e. The van der Waals surface area contributed by atoms with E-state index in [-0.39, 0.29) is 0 Å². The van der Waals surface area contributed by atoms with Gasteiger partial charge in [-0.1, -0.05) is 0 Å². The highest BCUT2D eigenvalue weighted by Gasteiger charge is 2.61. The molecule has 7 heterocycles. The Morgan fingerprint density at radius 1 is 0.462 bits per heavy atom. The summed E-state index contributed by atoms with van der Waals surface area (Å²) in [5.74, 6) is -7.93. The molecule has 7 rings (SSSR count). The zero-order valence-corrected chi connectivity index (χ0v) is 49.3. The molecule has 7 fully saturated rings. The van der Waals surface area contributed by atoms with E-state index in [1.165, 1.54) is 13.8 Å². The van der Waals surface area contributed by atoms with Crippen LogP contribution in [0.3, 0.4) is 0 Å². The first-order valence-corrected chi connectivity index (χ1v) is 29.0. The zero-order chi connectivity index (χ0) is 67.6. The van der Waals surface area contributed by atoms with Crippen LogP contribution >= 0.6 is 0 Å². The molecule has 0 bridgehead atoms. The first kappa shape index (κ1) is 75.0. The minimum atomic E-state index is -3.17. The van der Waals surface area contributed by atoms with E-state index in [1.807, 2.05) is 0 Å². The van der Waals surface area contributed by atoms with Gasteiger partial charge in [0.05, 0.1) is 51.3 Å². The lowest BCUT2D eigenvalue weighted by Gasteiger charge is -2.52. The maximum Gasteiger partial charge on any atom is 0.364 e. The fourth-order valence-corrected chi connectivity index (χ4v) is 11.6. The van der Waals surface area contributed by atoms with E-state index in [9.17, 15) is 121 Å². The van der Waals surface area contributed by atoms with Gasteiger partial charge in [0, 0.05) is 27.2 Å². The summed E-state index contributed by atoms with van der Waals surface area (Å²) in [5.41, 5.74) is 0. The van der Waals surface area contributed by atoms with E-state index in [0.29, 0.717) is 0 Å². The minimum absolute atomic E-state index is 0.822. The van der Waals surface area contributed by atoms with Gasteiger partial charge in [-0.3, -0.25) is 14.4 Å². The molecule has 0 spiro atoms. The lowest BCUT2D eigenvalue weighted by molar-refractivity contribution is -0.400. The molecule has 7 aliphatic rings. The van der Waals surface area contributed by atoms with Gasteiger partial charge in [0.2, 0.25) is 17.7 Å². The maximum atomic E-state index is 13.3. The largest absolute Gasteiger partial charge is 0.477 e. The van der Waals surface area contributed by atoms with Gasteiger partial charge >= 0.3 is 5.97 Å². The second-order valence-corrected chi connectivity index (χ2v) is 23.2. The van der Waals surface area contributed by atoms with Crippen molar-refractivity contribution in [3.8, 4) is 0 Å². The van der Waals surface area contributed by atoms with Crippen molar-refractivity contribution in [3.05, 3.63) is 0 Å². The van der Waals surface area contributed by atoms with Gasteiger partial charge in [-0.05, 0) is 13.8 Å². The molecule has 0 aromatic rings. The Kier molecular flexibility index (Phi) is 26.1. The summed E-state index contributed by atoms with van der Waals surface area (Å²) in [6, 6.07) is -5.56. The predicted octanol–water partition coefficient (Wildman–Crippen LogP) is -14.6. The number of aliphatic hydroxyl groups is 19. The Balaban J connectivity index is 1.19. The van der Waals surface area contributed by atoms with Crippen molar-refractivity contribution in [2.45, 2.75) is 261 Å². The summed E-state index contributed by atoms with van der Waals surface area (Å²) < 4.78 is 76.3. The third-order valence-electron chi connectivity index (χ3n) is 16.7. The van der Waals surface area contributed by atoms with E-state index in [0.717, 1.165) is 20.8 Å². The Morgan fingerprint density at radius 3 is 1.43 bits per heavy atom. The number of hydrogen-bond acceptors (Lipinski definition) is 36. The normalized spacial score (nSPS) is 48.0. The Bertz CT molecular complexity index is 2380. The average molecular weight is 1330 g/mol. The molecule has 40 heteroatoms. The van der Waals surface area contributed by atoms with E-state index in [1.54, 1.807) is 0 Å². The molecular formula is C51H85N3O37. The van der Waals surface area contributed by atoms with Crippen molar-refractivity contribution in [2.24, 2.45) is 0 Å². The third kappa shape index (κ3) is 16.4. The molecule has 3 amide bonds. The molecule has 0 unspecified atom stereocenters. The Hall–Kier alpha value is -3.40. The van der Waals surface area contributed by atoms with Crippen molar-refractivity contribution in [3.63, 3.8) is 0 Å². The molecule has 23 N–H and O–H groups in total. The standard InChI is InChI=1S/C51H85N3O37/c1-12-26(63)35(72)37(74)47(80-12)83-18-6-51(50(77)78,91-41(30(18)67)28(65)17(62)7-55)79-11-22-32(69)40(25(44(76)82-22)54-16(5)61)88-46-24(53-15(4)60)34(71)39(21(10-58)86-46)87-49-43(90-48-38(75)36(73)27(64)13(2)81-48)42(31(68)20(9-57)85-49)89-45-23(52-14(3)59)33(70)29(66)19(8-56)84-45/h12-13,17-49,55-58,62-76H,6-11H2,1-5H3,(H,52,59)(H,53,60)(H,54,61)(H,77,78)/t12-,13-,17+,18-,19+,20+,21+,22+,23+,24+,25+,26+,27+,28+,29-,30+,31-,32-,33+,34+,35+,36+,37-,38-,39+,40+,41-,42-,43+,44+,45-,46-,47-,48-,49-,51+/m0/s1. The van der Waals surface area contributed by atoms with Crippen LogP contribution in [0.4, 0.5) is 0 Å². The molecule has 91 heavy (non-hydrogen) atoms. The fourth-order valence-electron chi connectivity index (χ4n) is 11.6. The topological polar surface area (TPSA) is 629 Å². The SMILES string of the molecule is CC(=O)N[C@@H]1[C@@H](O[C@@H]2O[C@H](CO)[C@@H](O[C@@H]3O[C@H](CO)[C@H](O)[C@H](O[C@@H]4O[C@H](CO)[C@H](O)[C@H](O)[C@H]4NC(C)=O)[C@H]3O[C@@H]3O[C@@H](C)[C@@H](O)[C@@H](O)[C@@H]3O)[C@H](O)[C@H]2NC(C)=O)[C@@H](O)[C@@H](CO[C@]2(C(=O)O)C[C@H](O[C@@H]3O[C@@H](C)[C@@H](O)[C@@H](O)[C@@H]3O)[C@@H](O)[C@H]([C@H](O)[C@H](O)CO)O2)O[C@H]1O. The second-order valence-electron chi connectivity index (χ2n) is 23.2. The molecular weight excluding hydrogens is 1250 g/mol. The molecule has 0 aromatic carbocycles. The molecule has 7 aliphatic heterocycles. The summed E-state index contributed by atoms with van der Waals surface area (Å²) >= 11 is 0. The van der Waals surface area contributed by atoms with Crippen LogP contribution in [-0.2, 0) is 80.8 Å². The van der Waals surface area contributed by atoms with Crippen LogP contribution < -0.4 is 16.0 Å². The molecule has 0 aromatic heterocycles. The van der Waals surface area contributed by atoms with Gasteiger partial charge in [-0.15, -0.1) is 0 Å². The highest BCUT2D eigenvalue weighted by Crippen LogP contribution is 2.40. The lowest BCUT2D eigenvalue weighted by atomic mass is 9.90. The number of nitrogens with one attached hydrogen (secondary N) is 3. The van der Waals surface area contributed by atoms with Gasteiger partial charge in [0.25, 0.3) is 5.79 Å². The number of amides is 3. The average Bonchev–Trinajstić information content (AvgIpc) is 0.931. The molecule has 0 aliphatic carbocycles. The number of aliphatic hydroxyl groups excluding tert-OH is 19. The predicted molar refractivity (Wildman–Crippen MR) is 281 cm³/mol. The van der Waals surface area contributed by atoms with Crippen LogP contribution in [0.2, 0.25) is 0 Å². The van der Waals surface area contributed by atoms with E-state index in [2.05, 4.69) is 16.0 Å². The number of carboxylic acid groups (broad SMARTS) is 1. The molecule has 0 saturated carbocycles. The number of aliphatic carboxylic acids is 1. The molecule has 0 radical (unpaired) electrons. The Labute approximate surface area is 516 Å². The van der Waals surface area contributed by atoms with E-state index in [4.69, 9.17) is 61.6 Å².